The zero-order chi connectivity index (χ0) is 13.0. The molecule has 6 heteroatoms. The first-order valence-corrected chi connectivity index (χ1v) is 6.29. The monoisotopic (exact) mass is 250 g/mol. The molecule has 0 aromatic carbocycles. The van der Waals surface area contributed by atoms with Crippen LogP contribution in [0.1, 0.15) is 19.8 Å². The summed E-state index contributed by atoms with van der Waals surface area (Å²) in [6.07, 6.45) is 3.79. The van der Waals surface area contributed by atoms with Crippen LogP contribution in [-0.2, 0) is 0 Å². The standard InChI is InChI=1S/C12H18N4O2/c1-2-15-8-4-5-10(15)9-14-11-6-3-7-13-12(11)16(17)18/h3,6-7,10,14H,2,4-5,8-9H2,1H3. The lowest BCUT2D eigenvalue weighted by Crippen LogP contribution is -2.34. The van der Waals surface area contributed by atoms with Crippen LogP contribution in [0.4, 0.5) is 11.5 Å². The van der Waals surface area contributed by atoms with E-state index in [-0.39, 0.29) is 5.82 Å². The van der Waals surface area contributed by atoms with Crippen molar-refractivity contribution in [1.82, 2.24) is 9.88 Å². The van der Waals surface area contributed by atoms with E-state index in [2.05, 4.69) is 22.1 Å². The van der Waals surface area contributed by atoms with Gasteiger partial charge in [0.2, 0.25) is 0 Å². The van der Waals surface area contributed by atoms with E-state index in [4.69, 9.17) is 0 Å². The SMILES string of the molecule is CCN1CCCC1CNc1cccnc1[N+](=O)[O-]. The van der Waals surface area contributed by atoms with Crippen molar-refractivity contribution in [3.8, 4) is 0 Å². The summed E-state index contributed by atoms with van der Waals surface area (Å²) in [7, 11) is 0. The Kier molecular flexibility index (Phi) is 4.09. The van der Waals surface area contributed by atoms with Crippen LogP contribution in [0, 0.1) is 10.1 Å². The summed E-state index contributed by atoms with van der Waals surface area (Å²) in [6, 6.07) is 3.88. The fraction of sp³-hybridized carbons (Fsp3) is 0.583. The minimum atomic E-state index is -0.450. The summed E-state index contributed by atoms with van der Waals surface area (Å²) in [5.41, 5.74) is 0.505. The van der Waals surface area contributed by atoms with Crippen molar-refractivity contribution in [3.63, 3.8) is 0 Å². The van der Waals surface area contributed by atoms with Crippen molar-refractivity contribution >= 4 is 11.5 Å². The van der Waals surface area contributed by atoms with Crippen molar-refractivity contribution in [1.29, 1.82) is 0 Å². The third-order valence-corrected chi connectivity index (χ3v) is 3.39. The molecule has 0 aliphatic carbocycles. The number of aromatic nitrogens is 1. The normalized spacial score (nSPS) is 19.9. The maximum Gasteiger partial charge on any atom is 0.386 e. The smallest absolute Gasteiger partial charge is 0.377 e. The van der Waals surface area contributed by atoms with Gasteiger partial charge < -0.3 is 15.4 Å². The number of hydrogen-bond acceptors (Lipinski definition) is 5. The van der Waals surface area contributed by atoms with Gasteiger partial charge in [-0.25, -0.2) is 0 Å². The molecule has 1 saturated heterocycles. The van der Waals surface area contributed by atoms with E-state index in [0.717, 1.165) is 26.1 Å². The summed E-state index contributed by atoms with van der Waals surface area (Å²) >= 11 is 0. The van der Waals surface area contributed by atoms with Crippen LogP contribution in [0.15, 0.2) is 18.3 Å². The molecule has 0 amide bonds. The molecule has 1 aromatic heterocycles. The van der Waals surface area contributed by atoms with Gasteiger partial charge in [-0.1, -0.05) is 6.92 Å². The van der Waals surface area contributed by atoms with Crippen LogP contribution in [0.2, 0.25) is 0 Å². The first kappa shape index (κ1) is 12.8. The van der Waals surface area contributed by atoms with Crippen molar-refractivity contribution in [2.75, 3.05) is 25.0 Å². The second kappa shape index (κ2) is 5.77. The van der Waals surface area contributed by atoms with E-state index >= 15 is 0 Å². The summed E-state index contributed by atoms with van der Waals surface area (Å²) in [4.78, 5) is 16.6. The molecule has 0 radical (unpaired) electrons. The number of nitrogens with one attached hydrogen (secondary N) is 1. The molecule has 98 valence electrons. The molecule has 6 nitrogen and oxygen atoms in total. The summed E-state index contributed by atoms with van der Waals surface area (Å²) < 4.78 is 0. The number of nitro groups is 1. The van der Waals surface area contributed by atoms with Crippen LogP contribution in [-0.4, -0.2) is 40.5 Å². The Hall–Kier alpha value is -1.69. The third kappa shape index (κ3) is 2.76. The molecule has 1 fully saturated rings. The molecule has 1 aliphatic rings. The Balaban J connectivity index is 2.00. The zero-order valence-corrected chi connectivity index (χ0v) is 10.5. The molecule has 1 N–H and O–H groups in total. The van der Waals surface area contributed by atoms with E-state index in [1.807, 2.05) is 0 Å². The maximum atomic E-state index is 10.8. The fourth-order valence-corrected chi connectivity index (χ4v) is 2.45. The van der Waals surface area contributed by atoms with Gasteiger partial charge in [0.1, 0.15) is 11.9 Å². The predicted molar refractivity (Wildman–Crippen MR) is 69.7 cm³/mol. The molecule has 1 unspecified atom stereocenters. The number of anilines is 1. The molecule has 18 heavy (non-hydrogen) atoms. The molecule has 0 spiro atoms. The highest BCUT2D eigenvalue weighted by molar-refractivity contribution is 5.56. The second-order valence-corrected chi connectivity index (χ2v) is 4.44. The highest BCUT2D eigenvalue weighted by Crippen LogP contribution is 2.22. The molecule has 1 aliphatic heterocycles. The molecule has 0 bridgehead atoms. The van der Waals surface area contributed by atoms with Gasteiger partial charge in [0.25, 0.3) is 0 Å². The first-order valence-electron chi connectivity index (χ1n) is 6.29. The van der Waals surface area contributed by atoms with E-state index in [1.165, 1.54) is 12.6 Å². The molecule has 0 saturated carbocycles. The summed E-state index contributed by atoms with van der Waals surface area (Å²) in [5.74, 6) is -0.0986. The zero-order valence-electron chi connectivity index (χ0n) is 10.5. The van der Waals surface area contributed by atoms with E-state index in [1.54, 1.807) is 12.1 Å². The summed E-state index contributed by atoms with van der Waals surface area (Å²) in [5, 5.41) is 14.0. The number of likely N-dealkylation sites (tertiary alicyclic amines) is 1. The molecule has 2 rings (SSSR count). The van der Waals surface area contributed by atoms with Gasteiger partial charge in [-0.3, -0.25) is 4.90 Å². The Labute approximate surface area is 106 Å². The third-order valence-electron chi connectivity index (χ3n) is 3.39. The van der Waals surface area contributed by atoms with Gasteiger partial charge in [-0.15, -0.1) is 0 Å². The van der Waals surface area contributed by atoms with Crippen molar-refractivity contribution in [2.45, 2.75) is 25.8 Å². The number of nitrogens with zero attached hydrogens (tertiary/aromatic N) is 3. The van der Waals surface area contributed by atoms with Gasteiger partial charge in [0, 0.05) is 12.6 Å². The largest absolute Gasteiger partial charge is 0.386 e. The Bertz CT molecular complexity index is 424. The van der Waals surface area contributed by atoms with Crippen LogP contribution in [0.3, 0.4) is 0 Å². The van der Waals surface area contributed by atoms with Crippen LogP contribution in [0.25, 0.3) is 0 Å². The average molecular weight is 250 g/mol. The minimum absolute atomic E-state index is 0.0986. The second-order valence-electron chi connectivity index (χ2n) is 4.44. The number of rotatable bonds is 5. The molecule has 1 atom stereocenters. The Morgan fingerprint density at radius 1 is 1.67 bits per heavy atom. The highest BCUT2D eigenvalue weighted by atomic mass is 16.6. The maximum absolute atomic E-state index is 10.8. The van der Waals surface area contributed by atoms with Crippen molar-refractivity contribution in [2.24, 2.45) is 0 Å². The van der Waals surface area contributed by atoms with E-state index in [0.29, 0.717) is 11.7 Å². The topological polar surface area (TPSA) is 71.3 Å². The summed E-state index contributed by atoms with van der Waals surface area (Å²) in [6.45, 7) is 5.03. The van der Waals surface area contributed by atoms with Gasteiger partial charge in [-0.05, 0) is 48.0 Å². The average Bonchev–Trinajstić information content (AvgIpc) is 2.84. The number of hydrogen-bond donors (Lipinski definition) is 1. The van der Waals surface area contributed by atoms with Crippen molar-refractivity contribution in [3.05, 3.63) is 28.4 Å². The predicted octanol–water partition coefficient (Wildman–Crippen LogP) is 1.89. The van der Waals surface area contributed by atoms with Crippen LogP contribution in [0.5, 0.6) is 0 Å². The van der Waals surface area contributed by atoms with Crippen LogP contribution < -0.4 is 5.32 Å². The van der Waals surface area contributed by atoms with E-state index < -0.39 is 4.92 Å². The van der Waals surface area contributed by atoms with Crippen LogP contribution >= 0.6 is 0 Å². The lowest BCUT2D eigenvalue weighted by molar-refractivity contribution is -0.388. The van der Waals surface area contributed by atoms with E-state index in [9.17, 15) is 10.1 Å². The molecular weight excluding hydrogens is 232 g/mol. The quantitative estimate of drug-likeness (QED) is 0.638. The first-order chi connectivity index (χ1) is 8.72. The number of pyridine rings is 1. The Morgan fingerprint density at radius 2 is 2.50 bits per heavy atom. The number of likely N-dealkylation sites (N-methyl/N-ethyl adjacent to an activating group) is 1. The molecule has 1 aromatic rings. The lowest BCUT2D eigenvalue weighted by Gasteiger charge is -2.23. The molecular formula is C12H18N4O2. The lowest BCUT2D eigenvalue weighted by atomic mass is 10.2. The van der Waals surface area contributed by atoms with Gasteiger partial charge in [0.15, 0.2) is 0 Å². The van der Waals surface area contributed by atoms with Gasteiger partial charge >= 0.3 is 5.82 Å². The molecule has 2 heterocycles. The highest BCUT2D eigenvalue weighted by Gasteiger charge is 2.23. The minimum Gasteiger partial charge on any atom is -0.377 e. The fourth-order valence-electron chi connectivity index (χ4n) is 2.45. The Morgan fingerprint density at radius 3 is 3.22 bits per heavy atom. The van der Waals surface area contributed by atoms with Crippen molar-refractivity contribution < 1.29 is 4.92 Å². The van der Waals surface area contributed by atoms with Gasteiger partial charge in [-0.2, -0.15) is 0 Å². The van der Waals surface area contributed by atoms with Gasteiger partial charge in [0.05, 0.1) is 0 Å².